The predicted octanol–water partition coefficient (Wildman–Crippen LogP) is 1.55. The summed E-state index contributed by atoms with van der Waals surface area (Å²) in [5.41, 5.74) is 0.653. The Morgan fingerprint density at radius 2 is 2.26 bits per heavy atom. The van der Waals surface area contributed by atoms with E-state index in [2.05, 4.69) is 10.6 Å². The fourth-order valence-electron chi connectivity index (χ4n) is 1.93. The van der Waals surface area contributed by atoms with Gasteiger partial charge in [0, 0.05) is 13.0 Å². The van der Waals surface area contributed by atoms with Gasteiger partial charge in [-0.3, -0.25) is 9.59 Å². The second kappa shape index (κ2) is 6.22. The average molecular weight is 262 g/mol. The van der Waals surface area contributed by atoms with Crippen molar-refractivity contribution < 1.29 is 14.3 Å². The summed E-state index contributed by atoms with van der Waals surface area (Å²) in [4.78, 5) is 23.1. The average Bonchev–Trinajstić information content (AvgIpc) is 2.84. The summed E-state index contributed by atoms with van der Waals surface area (Å²) in [5, 5.41) is 5.48. The Kier molecular flexibility index (Phi) is 4.39. The third kappa shape index (κ3) is 3.47. The van der Waals surface area contributed by atoms with Gasteiger partial charge in [0.1, 0.15) is 5.75 Å². The first-order valence-corrected chi connectivity index (χ1v) is 6.50. The van der Waals surface area contributed by atoms with Gasteiger partial charge in [0.2, 0.25) is 11.8 Å². The van der Waals surface area contributed by atoms with E-state index in [1.165, 1.54) is 0 Å². The van der Waals surface area contributed by atoms with Crippen molar-refractivity contribution in [3.05, 3.63) is 24.3 Å². The number of ether oxygens (including phenoxy) is 1. The molecule has 0 aliphatic carbocycles. The molecule has 2 amide bonds. The highest BCUT2D eigenvalue weighted by molar-refractivity contribution is 5.98. The van der Waals surface area contributed by atoms with Crippen LogP contribution in [0.15, 0.2) is 24.3 Å². The molecule has 1 atom stereocenters. The Balaban J connectivity index is 2.01. The quantitative estimate of drug-likeness (QED) is 0.846. The molecule has 102 valence electrons. The topological polar surface area (TPSA) is 67.4 Å². The second-order valence-corrected chi connectivity index (χ2v) is 4.54. The minimum Gasteiger partial charge on any atom is -0.491 e. The smallest absolute Gasteiger partial charge is 0.229 e. The molecule has 1 fully saturated rings. The highest BCUT2D eigenvalue weighted by atomic mass is 16.5. The van der Waals surface area contributed by atoms with Crippen LogP contribution >= 0.6 is 0 Å². The highest BCUT2D eigenvalue weighted by Crippen LogP contribution is 2.25. The molecule has 1 aromatic rings. The number of para-hydroxylation sites is 2. The van der Waals surface area contributed by atoms with Crippen molar-refractivity contribution in [1.82, 2.24) is 5.32 Å². The third-order valence-corrected chi connectivity index (χ3v) is 2.95. The summed E-state index contributed by atoms with van der Waals surface area (Å²) in [7, 11) is 0. The lowest BCUT2D eigenvalue weighted by atomic mass is 10.1. The Morgan fingerprint density at radius 3 is 2.95 bits per heavy atom. The van der Waals surface area contributed by atoms with Gasteiger partial charge in [0.05, 0.1) is 18.2 Å². The number of carbonyl (C=O) groups is 2. The molecule has 0 radical (unpaired) electrons. The van der Waals surface area contributed by atoms with Crippen molar-refractivity contribution in [2.45, 2.75) is 19.8 Å². The molecule has 2 rings (SSSR count). The molecule has 1 aromatic carbocycles. The molecule has 0 bridgehead atoms. The number of rotatable bonds is 5. The van der Waals surface area contributed by atoms with Crippen molar-refractivity contribution in [3.63, 3.8) is 0 Å². The lowest BCUT2D eigenvalue weighted by molar-refractivity contribution is -0.123. The van der Waals surface area contributed by atoms with Crippen LogP contribution < -0.4 is 15.4 Å². The Hall–Kier alpha value is -2.04. The molecule has 1 aliphatic heterocycles. The number of carbonyl (C=O) groups excluding carboxylic acids is 2. The van der Waals surface area contributed by atoms with Gasteiger partial charge in [0.25, 0.3) is 0 Å². The van der Waals surface area contributed by atoms with Gasteiger partial charge in [-0.15, -0.1) is 0 Å². The van der Waals surface area contributed by atoms with E-state index in [9.17, 15) is 9.59 Å². The number of benzene rings is 1. The molecule has 2 N–H and O–H groups in total. The first-order valence-electron chi connectivity index (χ1n) is 6.50. The summed E-state index contributed by atoms with van der Waals surface area (Å²) in [5.74, 6) is 0.142. The number of hydrogen-bond acceptors (Lipinski definition) is 3. The molecule has 1 unspecified atom stereocenters. The van der Waals surface area contributed by atoms with Crippen LogP contribution in [0.5, 0.6) is 5.75 Å². The first-order chi connectivity index (χ1) is 9.20. The molecular formula is C14H18N2O3. The monoisotopic (exact) mass is 262 g/mol. The Bertz CT molecular complexity index is 474. The zero-order valence-corrected chi connectivity index (χ0v) is 10.9. The summed E-state index contributed by atoms with van der Waals surface area (Å²) in [6, 6.07) is 7.32. The number of anilines is 1. The molecule has 1 heterocycles. The maximum absolute atomic E-state index is 12.0. The zero-order chi connectivity index (χ0) is 13.7. The van der Waals surface area contributed by atoms with E-state index >= 15 is 0 Å². The summed E-state index contributed by atoms with van der Waals surface area (Å²) >= 11 is 0. The van der Waals surface area contributed by atoms with Gasteiger partial charge in [-0.25, -0.2) is 0 Å². The molecule has 1 aliphatic rings. The van der Waals surface area contributed by atoms with E-state index in [0.29, 0.717) is 24.6 Å². The number of hydrogen-bond donors (Lipinski definition) is 2. The molecule has 5 nitrogen and oxygen atoms in total. The molecule has 0 saturated carbocycles. The van der Waals surface area contributed by atoms with Gasteiger partial charge in [-0.05, 0) is 18.6 Å². The maximum atomic E-state index is 12.0. The van der Waals surface area contributed by atoms with Crippen LogP contribution in [0.4, 0.5) is 5.69 Å². The van der Waals surface area contributed by atoms with Crippen LogP contribution in [0, 0.1) is 5.92 Å². The standard InChI is InChI=1S/C14H18N2O3/c1-2-7-19-12-6-4-3-5-11(12)16-14(18)10-8-13(17)15-9-10/h3-6,10H,2,7-9H2,1H3,(H,15,17)(H,16,18). The lowest BCUT2D eigenvalue weighted by Crippen LogP contribution is -2.24. The fraction of sp³-hybridized carbons (Fsp3) is 0.429. The molecule has 5 heteroatoms. The third-order valence-electron chi connectivity index (χ3n) is 2.95. The van der Waals surface area contributed by atoms with Crippen molar-refractivity contribution >= 4 is 17.5 Å². The first kappa shape index (κ1) is 13.4. The minimum atomic E-state index is -0.299. The van der Waals surface area contributed by atoms with Crippen LogP contribution in [0.25, 0.3) is 0 Å². The largest absolute Gasteiger partial charge is 0.491 e. The highest BCUT2D eigenvalue weighted by Gasteiger charge is 2.28. The van der Waals surface area contributed by atoms with Gasteiger partial charge >= 0.3 is 0 Å². The SMILES string of the molecule is CCCOc1ccccc1NC(=O)C1CNC(=O)C1. The number of nitrogens with one attached hydrogen (secondary N) is 2. The Labute approximate surface area is 112 Å². The second-order valence-electron chi connectivity index (χ2n) is 4.54. The van der Waals surface area contributed by atoms with Gasteiger partial charge in [0.15, 0.2) is 0 Å². The van der Waals surface area contributed by atoms with Gasteiger partial charge in [-0.1, -0.05) is 19.1 Å². The molecule has 1 saturated heterocycles. The summed E-state index contributed by atoms with van der Waals surface area (Å²) in [6.45, 7) is 3.04. The molecule has 0 spiro atoms. The molecule has 19 heavy (non-hydrogen) atoms. The van der Waals surface area contributed by atoms with Crippen LogP contribution in [0.1, 0.15) is 19.8 Å². The Morgan fingerprint density at radius 1 is 1.47 bits per heavy atom. The predicted molar refractivity (Wildman–Crippen MR) is 72.0 cm³/mol. The van der Waals surface area contributed by atoms with Gasteiger partial charge in [-0.2, -0.15) is 0 Å². The maximum Gasteiger partial charge on any atom is 0.229 e. The lowest BCUT2D eigenvalue weighted by Gasteiger charge is -2.13. The number of amides is 2. The van der Waals surface area contributed by atoms with Crippen LogP contribution in [-0.4, -0.2) is 25.0 Å². The van der Waals surface area contributed by atoms with Crippen molar-refractivity contribution in [1.29, 1.82) is 0 Å². The van der Waals surface area contributed by atoms with Crippen molar-refractivity contribution in [2.75, 3.05) is 18.5 Å². The van der Waals surface area contributed by atoms with E-state index in [1.807, 2.05) is 25.1 Å². The van der Waals surface area contributed by atoms with E-state index in [0.717, 1.165) is 6.42 Å². The van der Waals surface area contributed by atoms with Crippen molar-refractivity contribution in [3.8, 4) is 5.75 Å². The van der Waals surface area contributed by atoms with Crippen molar-refractivity contribution in [2.24, 2.45) is 5.92 Å². The van der Waals surface area contributed by atoms with E-state index < -0.39 is 0 Å². The minimum absolute atomic E-state index is 0.0735. The van der Waals surface area contributed by atoms with E-state index in [1.54, 1.807) is 6.07 Å². The van der Waals surface area contributed by atoms with E-state index in [4.69, 9.17) is 4.74 Å². The normalized spacial score (nSPS) is 17.9. The fourth-order valence-corrected chi connectivity index (χ4v) is 1.93. The van der Waals surface area contributed by atoms with Gasteiger partial charge < -0.3 is 15.4 Å². The molecular weight excluding hydrogens is 244 g/mol. The summed E-state index contributed by atoms with van der Waals surface area (Å²) in [6.07, 6.45) is 1.16. The van der Waals surface area contributed by atoms with E-state index in [-0.39, 0.29) is 24.2 Å². The molecule has 0 aromatic heterocycles. The van der Waals surface area contributed by atoms with Crippen LogP contribution in [0.3, 0.4) is 0 Å². The van der Waals surface area contributed by atoms with Crippen LogP contribution in [-0.2, 0) is 9.59 Å². The zero-order valence-electron chi connectivity index (χ0n) is 10.9. The summed E-state index contributed by atoms with van der Waals surface area (Å²) < 4.78 is 5.57. The van der Waals surface area contributed by atoms with Crippen LogP contribution in [0.2, 0.25) is 0 Å².